The summed E-state index contributed by atoms with van der Waals surface area (Å²) in [6.45, 7) is 2.15. The van der Waals surface area contributed by atoms with Crippen LogP contribution in [-0.2, 0) is 6.42 Å². The summed E-state index contributed by atoms with van der Waals surface area (Å²) in [5.74, 6) is 4.45. The highest BCUT2D eigenvalue weighted by Crippen LogP contribution is 2.16. The fourth-order valence-corrected chi connectivity index (χ4v) is 2.04. The Labute approximate surface area is 108 Å². The molecule has 1 aromatic rings. The lowest BCUT2D eigenvalue weighted by molar-refractivity contribution is 0.444. The molecule has 0 radical (unpaired) electrons. The highest BCUT2D eigenvalue weighted by molar-refractivity contribution is 5.20. The summed E-state index contributed by atoms with van der Waals surface area (Å²) in [5.41, 5.74) is 2.77. The molecule has 0 bridgehead atoms. The fraction of sp³-hybridized carbons (Fsp3) is 0.571. The lowest BCUT2D eigenvalue weighted by Crippen LogP contribution is -2.37. The van der Waals surface area contributed by atoms with Crippen LogP contribution in [0.3, 0.4) is 0 Å². The van der Waals surface area contributed by atoms with Crippen molar-refractivity contribution in [3.8, 4) is 0 Å². The van der Waals surface area contributed by atoms with Crippen molar-refractivity contribution in [1.29, 1.82) is 0 Å². The molecule has 0 saturated carbocycles. The minimum absolute atomic E-state index is 0.0757. The molecule has 0 heterocycles. The number of nitrogens with two attached hydrogens (primary N) is 1. The molecule has 3 N–H and O–H groups in total. The second-order valence-electron chi connectivity index (χ2n) is 4.62. The normalized spacial score (nSPS) is 12.7. The lowest BCUT2D eigenvalue weighted by Gasteiger charge is -2.16. The molecular formula is C14H22F2N2. The number of hydrazine groups is 1. The summed E-state index contributed by atoms with van der Waals surface area (Å²) in [5, 5.41) is 0. The third kappa shape index (κ3) is 4.70. The van der Waals surface area contributed by atoms with Gasteiger partial charge in [0.25, 0.3) is 0 Å². The van der Waals surface area contributed by atoms with E-state index in [1.165, 1.54) is 31.0 Å². The van der Waals surface area contributed by atoms with E-state index >= 15 is 0 Å². The van der Waals surface area contributed by atoms with Crippen LogP contribution in [0.15, 0.2) is 18.2 Å². The van der Waals surface area contributed by atoms with E-state index in [0.29, 0.717) is 6.42 Å². The highest BCUT2D eigenvalue weighted by Gasteiger charge is 2.14. The van der Waals surface area contributed by atoms with E-state index in [1.54, 1.807) is 0 Å². The highest BCUT2D eigenvalue weighted by atomic mass is 19.1. The Hall–Kier alpha value is -1.00. The van der Waals surface area contributed by atoms with Crippen LogP contribution in [0.25, 0.3) is 0 Å². The van der Waals surface area contributed by atoms with E-state index in [1.807, 2.05) is 0 Å². The van der Waals surface area contributed by atoms with Gasteiger partial charge in [-0.05, 0) is 25.0 Å². The van der Waals surface area contributed by atoms with Crippen molar-refractivity contribution in [2.45, 2.75) is 51.5 Å². The lowest BCUT2D eigenvalue weighted by atomic mass is 10.00. The van der Waals surface area contributed by atoms with Crippen LogP contribution >= 0.6 is 0 Å². The van der Waals surface area contributed by atoms with Crippen LogP contribution in [0.4, 0.5) is 8.78 Å². The molecule has 0 aromatic heterocycles. The van der Waals surface area contributed by atoms with Gasteiger partial charge in [-0.25, -0.2) is 8.78 Å². The minimum Gasteiger partial charge on any atom is -0.271 e. The Balaban J connectivity index is 2.52. The Morgan fingerprint density at radius 2 is 1.83 bits per heavy atom. The zero-order valence-electron chi connectivity index (χ0n) is 10.9. The van der Waals surface area contributed by atoms with Crippen molar-refractivity contribution in [2.75, 3.05) is 0 Å². The SMILES string of the molecule is CCCCCCC(Cc1c(F)cccc1F)NN. The second kappa shape index (κ2) is 8.16. The molecule has 2 nitrogen and oxygen atoms in total. The molecule has 1 atom stereocenters. The van der Waals surface area contributed by atoms with Gasteiger partial charge >= 0.3 is 0 Å². The molecule has 0 fully saturated rings. The van der Waals surface area contributed by atoms with Gasteiger partial charge in [0.2, 0.25) is 0 Å². The van der Waals surface area contributed by atoms with Crippen LogP contribution in [0.1, 0.15) is 44.6 Å². The Morgan fingerprint density at radius 3 is 2.39 bits per heavy atom. The van der Waals surface area contributed by atoms with E-state index in [0.717, 1.165) is 19.3 Å². The maximum atomic E-state index is 13.5. The summed E-state index contributed by atoms with van der Waals surface area (Å²) in [7, 11) is 0. The maximum Gasteiger partial charge on any atom is 0.129 e. The van der Waals surface area contributed by atoms with Crippen molar-refractivity contribution in [2.24, 2.45) is 5.84 Å². The van der Waals surface area contributed by atoms with Crippen molar-refractivity contribution in [1.82, 2.24) is 5.43 Å². The third-order valence-electron chi connectivity index (χ3n) is 3.15. The van der Waals surface area contributed by atoms with E-state index in [-0.39, 0.29) is 11.6 Å². The maximum absolute atomic E-state index is 13.5. The number of nitrogens with one attached hydrogen (secondary N) is 1. The third-order valence-corrected chi connectivity index (χ3v) is 3.15. The molecule has 1 aromatic carbocycles. The molecule has 4 heteroatoms. The van der Waals surface area contributed by atoms with Crippen LogP contribution in [0.5, 0.6) is 0 Å². The first-order chi connectivity index (χ1) is 8.69. The van der Waals surface area contributed by atoms with Gasteiger partial charge in [0, 0.05) is 11.6 Å². The van der Waals surface area contributed by atoms with Crippen molar-refractivity contribution in [3.63, 3.8) is 0 Å². The molecule has 0 spiro atoms. The predicted octanol–water partition coefficient (Wildman–Crippen LogP) is 3.31. The summed E-state index contributed by atoms with van der Waals surface area (Å²) in [6, 6.07) is 3.86. The summed E-state index contributed by atoms with van der Waals surface area (Å²) < 4.78 is 27.0. The molecule has 0 aliphatic heterocycles. The quantitative estimate of drug-likeness (QED) is 0.425. The fourth-order valence-electron chi connectivity index (χ4n) is 2.04. The smallest absolute Gasteiger partial charge is 0.129 e. The molecule has 18 heavy (non-hydrogen) atoms. The Bertz CT molecular complexity index is 335. The number of unbranched alkanes of at least 4 members (excludes halogenated alkanes) is 3. The van der Waals surface area contributed by atoms with Crippen LogP contribution in [-0.4, -0.2) is 6.04 Å². The van der Waals surface area contributed by atoms with E-state index in [9.17, 15) is 8.78 Å². The number of halogens is 2. The largest absolute Gasteiger partial charge is 0.271 e. The van der Waals surface area contributed by atoms with Crippen molar-refractivity contribution in [3.05, 3.63) is 35.4 Å². The molecule has 0 saturated heterocycles. The molecule has 0 aliphatic carbocycles. The van der Waals surface area contributed by atoms with Gasteiger partial charge in [0.1, 0.15) is 11.6 Å². The van der Waals surface area contributed by atoms with E-state index in [4.69, 9.17) is 5.84 Å². The van der Waals surface area contributed by atoms with Crippen LogP contribution in [0, 0.1) is 11.6 Å². The van der Waals surface area contributed by atoms with Crippen molar-refractivity contribution < 1.29 is 8.78 Å². The standard InChI is InChI=1S/C14H22F2N2/c1-2-3-4-5-7-11(18-17)10-12-13(15)8-6-9-14(12)16/h6,8-9,11,18H,2-5,7,10,17H2,1H3. The molecule has 1 rings (SSSR count). The monoisotopic (exact) mass is 256 g/mol. The van der Waals surface area contributed by atoms with Crippen LogP contribution < -0.4 is 11.3 Å². The number of hydrogen-bond acceptors (Lipinski definition) is 2. The number of hydrogen-bond donors (Lipinski definition) is 2. The number of rotatable bonds is 8. The van der Waals surface area contributed by atoms with Crippen molar-refractivity contribution >= 4 is 0 Å². The van der Waals surface area contributed by atoms with E-state index in [2.05, 4.69) is 12.3 Å². The minimum atomic E-state index is -0.496. The molecule has 0 aliphatic rings. The van der Waals surface area contributed by atoms with Gasteiger partial charge in [-0.2, -0.15) is 0 Å². The van der Waals surface area contributed by atoms with Crippen LogP contribution in [0.2, 0.25) is 0 Å². The average Bonchev–Trinajstić information content (AvgIpc) is 2.36. The first-order valence-corrected chi connectivity index (χ1v) is 6.58. The molecule has 1 unspecified atom stereocenters. The van der Waals surface area contributed by atoms with Gasteiger partial charge in [-0.3, -0.25) is 11.3 Å². The molecule has 102 valence electrons. The van der Waals surface area contributed by atoms with Gasteiger partial charge < -0.3 is 0 Å². The second-order valence-corrected chi connectivity index (χ2v) is 4.62. The zero-order chi connectivity index (χ0) is 13.4. The van der Waals surface area contributed by atoms with Gasteiger partial charge in [-0.15, -0.1) is 0 Å². The van der Waals surface area contributed by atoms with Gasteiger partial charge in [-0.1, -0.05) is 38.7 Å². The molecule has 0 amide bonds. The van der Waals surface area contributed by atoms with Gasteiger partial charge in [0.15, 0.2) is 0 Å². The molecular weight excluding hydrogens is 234 g/mol. The average molecular weight is 256 g/mol. The first kappa shape index (κ1) is 15.1. The Kier molecular flexibility index (Phi) is 6.83. The zero-order valence-corrected chi connectivity index (χ0v) is 10.9. The summed E-state index contributed by atoms with van der Waals surface area (Å²) in [4.78, 5) is 0. The van der Waals surface area contributed by atoms with Gasteiger partial charge in [0.05, 0.1) is 0 Å². The first-order valence-electron chi connectivity index (χ1n) is 6.58. The Morgan fingerprint density at radius 1 is 1.17 bits per heavy atom. The predicted molar refractivity (Wildman–Crippen MR) is 69.9 cm³/mol. The summed E-state index contributed by atoms with van der Waals surface area (Å²) in [6.07, 6.45) is 5.65. The number of benzene rings is 1. The topological polar surface area (TPSA) is 38.0 Å². The summed E-state index contributed by atoms with van der Waals surface area (Å²) >= 11 is 0. The van der Waals surface area contributed by atoms with E-state index < -0.39 is 11.6 Å².